The normalized spacial score (nSPS) is 15.5. The minimum Gasteiger partial charge on any atom is -0.340 e. The van der Waals surface area contributed by atoms with Crippen LogP contribution in [0, 0.1) is 6.92 Å². The van der Waals surface area contributed by atoms with Crippen molar-refractivity contribution < 1.29 is 9.59 Å². The Morgan fingerprint density at radius 2 is 1.87 bits per heavy atom. The first-order valence-electron chi connectivity index (χ1n) is 8.23. The molecule has 1 aliphatic heterocycles. The van der Waals surface area contributed by atoms with E-state index in [1.165, 1.54) is 5.56 Å². The van der Waals surface area contributed by atoms with Crippen LogP contribution in [0.1, 0.15) is 24.5 Å². The Morgan fingerprint density at radius 3 is 2.48 bits per heavy atom. The first-order chi connectivity index (χ1) is 11.0. The number of amides is 2. The third kappa shape index (κ3) is 5.36. The topological polar surface area (TPSA) is 43.9 Å². The number of nitrogens with zero attached hydrogens (tertiary/aromatic N) is 3. The van der Waals surface area contributed by atoms with Crippen molar-refractivity contribution in [3.8, 4) is 0 Å². The van der Waals surface area contributed by atoms with Gasteiger partial charge in [-0.3, -0.25) is 9.59 Å². The molecule has 23 heavy (non-hydrogen) atoms. The van der Waals surface area contributed by atoms with Gasteiger partial charge in [0.25, 0.3) is 0 Å². The van der Waals surface area contributed by atoms with Gasteiger partial charge < -0.3 is 14.7 Å². The van der Waals surface area contributed by atoms with Crippen molar-refractivity contribution in [3.63, 3.8) is 0 Å². The van der Waals surface area contributed by atoms with Crippen LogP contribution in [0.15, 0.2) is 24.3 Å². The van der Waals surface area contributed by atoms with Crippen LogP contribution in [-0.4, -0.2) is 66.3 Å². The fourth-order valence-electron chi connectivity index (χ4n) is 2.82. The van der Waals surface area contributed by atoms with Crippen LogP contribution in [0.3, 0.4) is 0 Å². The van der Waals surface area contributed by atoms with E-state index in [9.17, 15) is 9.59 Å². The summed E-state index contributed by atoms with van der Waals surface area (Å²) in [6.45, 7) is 8.06. The molecule has 1 fully saturated rings. The lowest BCUT2D eigenvalue weighted by molar-refractivity contribution is -0.134. The SMILES string of the molecule is CC(=O)N(CCC(=O)N1CCN(C)CC1)Cc1cccc(C)c1. The van der Waals surface area contributed by atoms with E-state index in [1.807, 2.05) is 30.0 Å². The second kappa shape index (κ2) is 8.11. The molecule has 0 N–H and O–H groups in total. The summed E-state index contributed by atoms with van der Waals surface area (Å²) < 4.78 is 0. The smallest absolute Gasteiger partial charge is 0.224 e. The van der Waals surface area contributed by atoms with Gasteiger partial charge in [-0.1, -0.05) is 29.8 Å². The molecule has 0 radical (unpaired) electrons. The standard InChI is InChI=1S/C18H27N3O2/c1-15-5-4-6-17(13-15)14-21(16(2)22)8-7-18(23)20-11-9-19(3)10-12-20/h4-6,13H,7-12,14H2,1-3H3. The molecule has 1 aromatic rings. The van der Waals surface area contributed by atoms with E-state index in [-0.39, 0.29) is 11.8 Å². The molecule has 0 unspecified atom stereocenters. The second-order valence-corrected chi connectivity index (χ2v) is 6.36. The lowest BCUT2D eigenvalue weighted by Gasteiger charge is -2.33. The van der Waals surface area contributed by atoms with Gasteiger partial charge in [0.05, 0.1) is 0 Å². The van der Waals surface area contributed by atoms with Gasteiger partial charge in [-0.25, -0.2) is 0 Å². The molecule has 1 aromatic carbocycles. The zero-order valence-electron chi connectivity index (χ0n) is 14.4. The first-order valence-corrected chi connectivity index (χ1v) is 8.23. The van der Waals surface area contributed by atoms with Crippen molar-refractivity contribution in [2.75, 3.05) is 39.8 Å². The van der Waals surface area contributed by atoms with Crippen molar-refractivity contribution in [3.05, 3.63) is 35.4 Å². The average Bonchev–Trinajstić information content (AvgIpc) is 2.51. The van der Waals surface area contributed by atoms with Gasteiger partial charge in [0, 0.05) is 52.6 Å². The minimum absolute atomic E-state index is 0.0117. The monoisotopic (exact) mass is 317 g/mol. The van der Waals surface area contributed by atoms with E-state index in [1.54, 1.807) is 11.8 Å². The van der Waals surface area contributed by atoms with Crippen molar-refractivity contribution in [2.45, 2.75) is 26.8 Å². The molecule has 126 valence electrons. The molecule has 0 atom stereocenters. The predicted octanol–water partition coefficient (Wildman–Crippen LogP) is 1.51. The molecule has 0 aromatic heterocycles. The number of aryl methyl sites for hydroxylation is 1. The van der Waals surface area contributed by atoms with Crippen LogP contribution in [0.2, 0.25) is 0 Å². The van der Waals surface area contributed by atoms with Gasteiger partial charge in [-0.15, -0.1) is 0 Å². The van der Waals surface area contributed by atoms with Crippen molar-refractivity contribution >= 4 is 11.8 Å². The maximum absolute atomic E-state index is 12.3. The molecule has 0 spiro atoms. The highest BCUT2D eigenvalue weighted by Gasteiger charge is 2.20. The molecular formula is C18H27N3O2. The molecule has 1 saturated heterocycles. The van der Waals surface area contributed by atoms with E-state index in [2.05, 4.69) is 18.0 Å². The molecule has 0 bridgehead atoms. The van der Waals surface area contributed by atoms with E-state index < -0.39 is 0 Å². The van der Waals surface area contributed by atoms with Gasteiger partial charge in [0.1, 0.15) is 0 Å². The summed E-state index contributed by atoms with van der Waals surface area (Å²) in [5.74, 6) is 0.159. The van der Waals surface area contributed by atoms with Gasteiger partial charge in [0.15, 0.2) is 0 Å². The summed E-state index contributed by atoms with van der Waals surface area (Å²) in [7, 11) is 2.07. The third-order valence-electron chi connectivity index (χ3n) is 4.35. The zero-order chi connectivity index (χ0) is 16.8. The van der Waals surface area contributed by atoms with E-state index in [0.29, 0.717) is 19.5 Å². The summed E-state index contributed by atoms with van der Waals surface area (Å²) in [6, 6.07) is 8.14. The summed E-state index contributed by atoms with van der Waals surface area (Å²) >= 11 is 0. The number of carbonyl (C=O) groups excluding carboxylic acids is 2. The number of hydrogen-bond acceptors (Lipinski definition) is 3. The number of likely N-dealkylation sites (N-methyl/N-ethyl adjacent to an activating group) is 1. The minimum atomic E-state index is 0.0117. The maximum atomic E-state index is 12.3. The first kappa shape index (κ1) is 17.5. The van der Waals surface area contributed by atoms with Crippen molar-refractivity contribution in [1.29, 1.82) is 0 Å². The van der Waals surface area contributed by atoms with E-state index in [4.69, 9.17) is 0 Å². The van der Waals surface area contributed by atoms with Crippen LogP contribution in [0.25, 0.3) is 0 Å². The Balaban J connectivity index is 1.87. The predicted molar refractivity (Wildman–Crippen MR) is 91.0 cm³/mol. The van der Waals surface area contributed by atoms with Crippen LogP contribution in [0.4, 0.5) is 0 Å². The highest BCUT2D eigenvalue weighted by Crippen LogP contribution is 2.09. The Kier molecular flexibility index (Phi) is 6.16. The molecule has 0 aliphatic carbocycles. The van der Waals surface area contributed by atoms with Gasteiger partial charge in [-0.2, -0.15) is 0 Å². The number of piperazine rings is 1. The molecule has 0 saturated carbocycles. The number of rotatable bonds is 5. The van der Waals surface area contributed by atoms with Crippen LogP contribution in [0.5, 0.6) is 0 Å². The fourth-order valence-corrected chi connectivity index (χ4v) is 2.82. The fraction of sp³-hybridized carbons (Fsp3) is 0.556. The van der Waals surface area contributed by atoms with Crippen LogP contribution in [-0.2, 0) is 16.1 Å². The summed E-state index contributed by atoms with van der Waals surface area (Å²) in [5, 5.41) is 0. The highest BCUT2D eigenvalue weighted by atomic mass is 16.2. The molecule has 5 nitrogen and oxygen atoms in total. The lowest BCUT2D eigenvalue weighted by Crippen LogP contribution is -2.47. The van der Waals surface area contributed by atoms with Gasteiger partial charge >= 0.3 is 0 Å². The molecule has 1 heterocycles. The largest absolute Gasteiger partial charge is 0.340 e. The number of hydrogen-bond donors (Lipinski definition) is 0. The second-order valence-electron chi connectivity index (χ2n) is 6.36. The molecule has 5 heteroatoms. The van der Waals surface area contributed by atoms with Crippen molar-refractivity contribution in [1.82, 2.24) is 14.7 Å². The molecule has 2 rings (SSSR count). The zero-order valence-corrected chi connectivity index (χ0v) is 14.4. The van der Waals surface area contributed by atoms with Crippen LogP contribution >= 0.6 is 0 Å². The Hall–Kier alpha value is -1.88. The summed E-state index contributed by atoms with van der Waals surface area (Å²) in [6.07, 6.45) is 0.398. The number of carbonyl (C=O) groups is 2. The van der Waals surface area contributed by atoms with E-state index >= 15 is 0 Å². The Morgan fingerprint density at radius 1 is 1.17 bits per heavy atom. The highest BCUT2D eigenvalue weighted by molar-refractivity contribution is 5.78. The van der Waals surface area contributed by atoms with E-state index in [0.717, 1.165) is 31.7 Å². The quantitative estimate of drug-likeness (QED) is 0.827. The lowest BCUT2D eigenvalue weighted by atomic mass is 10.1. The molecular weight excluding hydrogens is 290 g/mol. The maximum Gasteiger partial charge on any atom is 0.224 e. The van der Waals surface area contributed by atoms with Gasteiger partial charge in [0.2, 0.25) is 11.8 Å². The average molecular weight is 317 g/mol. The summed E-state index contributed by atoms with van der Waals surface area (Å²) in [5.41, 5.74) is 2.28. The summed E-state index contributed by atoms with van der Waals surface area (Å²) in [4.78, 5) is 30.1. The molecule has 2 amide bonds. The van der Waals surface area contributed by atoms with Crippen molar-refractivity contribution in [2.24, 2.45) is 0 Å². The van der Waals surface area contributed by atoms with Crippen LogP contribution < -0.4 is 0 Å². The Bertz CT molecular complexity index is 551. The third-order valence-corrected chi connectivity index (χ3v) is 4.35. The molecule has 1 aliphatic rings. The van der Waals surface area contributed by atoms with Gasteiger partial charge in [-0.05, 0) is 19.5 Å². The Labute approximate surface area is 138 Å². The number of benzene rings is 1.